The van der Waals surface area contributed by atoms with E-state index in [0.717, 1.165) is 25.9 Å². The second kappa shape index (κ2) is 8.66. The molecule has 3 heterocycles. The van der Waals surface area contributed by atoms with Crippen molar-refractivity contribution in [2.45, 2.75) is 25.7 Å². The highest BCUT2D eigenvalue weighted by Gasteiger charge is 2.29. The van der Waals surface area contributed by atoms with E-state index in [-0.39, 0.29) is 17.7 Å². The highest BCUT2D eigenvalue weighted by Crippen LogP contribution is 2.30. The predicted octanol–water partition coefficient (Wildman–Crippen LogP) is 1.95. The van der Waals surface area contributed by atoms with Crippen molar-refractivity contribution in [1.29, 1.82) is 0 Å². The van der Waals surface area contributed by atoms with Gasteiger partial charge in [-0.3, -0.25) is 9.59 Å². The van der Waals surface area contributed by atoms with Crippen LogP contribution in [0.4, 0.5) is 5.82 Å². The average Bonchev–Trinajstić information content (AvgIpc) is 3.56. The third kappa shape index (κ3) is 4.58. The number of aromatic nitrogens is 1. The third-order valence-electron chi connectivity index (χ3n) is 5.72. The van der Waals surface area contributed by atoms with E-state index in [1.165, 1.54) is 12.8 Å². The van der Waals surface area contributed by atoms with Gasteiger partial charge in [-0.1, -0.05) is 11.6 Å². The van der Waals surface area contributed by atoms with Crippen LogP contribution in [-0.2, 0) is 9.53 Å². The predicted molar refractivity (Wildman–Crippen MR) is 107 cm³/mol. The molecule has 4 rings (SSSR count). The fourth-order valence-electron chi connectivity index (χ4n) is 3.82. The summed E-state index contributed by atoms with van der Waals surface area (Å²) in [6.45, 7) is 4.51. The second-order valence-electron chi connectivity index (χ2n) is 7.91. The molecule has 0 bridgehead atoms. The molecule has 1 N–H and O–H groups in total. The molecule has 0 radical (unpaired) electrons. The van der Waals surface area contributed by atoms with Crippen molar-refractivity contribution in [2.24, 2.45) is 11.8 Å². The van der Waals surface area contributed by atoms with Gasteiger partial charge in [-0.25, -0.2) is 4.98 Å². The molecular formula is C20H27ClN4O3. The summed E-state index contributed by atoms with van der Waals surface area (Å²) in [5.74, 6) is 1.35. The lowest BCUT2D eigenvalue weighted by molar-refractivity contribution is -0.125. The number of nitrogens with one attached hydrogen (secondary N) is 1. The van der Waals surface area contributed by atoms with Gasteiger partial charge in [0.05, 0.1) is 29.7 Å². The first-order valence-corrected chi connectivity index (χ1v) is 10.5. The Labute approximate surface area is 170 Å². The van der Waals surface area contributed by atoms with Gasteiger partial charge in [0.1, 0.15) is 5.82 Å². The highest BCUT2D eigenvalue weighted by atomic mass is 35.5. The maximum Gasteiger partial charge on any atom is 0.255 e. The lowest BCUT2D eigenvalue weighted by atomic mass is 9.97. The number of morpholine rings is 1. The van der Waals surface area contributed by atoms with Gasteiger partial charge in [0, 0.05) is 38.9 Å². The second-order valence-corrected chi connectivity index (χ2v) is 8.31. The van der Waals surface area contributed by atoms with Crippen LogP contribution in [0.15, 0.2) is 12.3 Å². The number of hydrogen-bond acceptors (Lipinski definition) is 5. The Morgan fingerprint density at radius 1 is 1.21 bits per heavy atom. The minimum Gasteiger partial charge on any atom is -0.378 e. The van der Waals surface area contributed by atoms with E-state index in [0.29, 0.717) is 55.2 Å². The molecule has 7 nitrogen and oxygen atoms in total. The van der Waals surface area contributed by atoms with Gasteiger partial charge in [-0.2, -0.15) is 0 Å². The van der Waals surface area contributed by atoms with Crippen molar-refractivity contribution in [1.82, 2.24) is 15.2 Å². The summed E-state index contributed by atoms with van der Waals surface area (Å²) < 4.78 is 5.30. The van der Waals surface area contributed by atoms with E-state index in [1.54, 1.807) is 17.2 Å². The van der Waals surface area contributed by atoms with E-state index in [9.17, 15) is 9.59 Å². The fraction of sp³-hybridized carbons (Fsp3) is 0.650. The number of amides is 2. The summed E-state index contributed by atoms with van der Waals surface area (Å²) >= 11 is 6.48. The van der Waals surface area contributed by atoms with Crippen molar-refractivity contribution >= 4 is 29.2 Å². The zero-order valence-corrected chi connectivity index (χ0v) is 16.8. The van der Waals surface area contributed by atoms with Crippen LogP contribution in [0.3, 0.4) is 0 Å². The number of nitrogens with zero attached hydrogens (tertiary/aromatic N) is 3. The van der Waals surface area contributed by atoms with E-state index in [4.69, 9.17) is 16.3 Å². The number of rotatable bonds is 5. The minimum atomic E-state index is -0.0692. The molecule has 1 atom stereocenters. The van der Waals surface area contributed by atoms with E-state index in [1.807, 2.05) is 0 Å². The molecule has 1 aliphatic carbocycles. The molecule has 2 saturated heterocycles. The average molecular weight is 407 g/mol. The molecule has 28 heavy (non-hydrogen) atoms. The van der Waals surface area contributed by atoms with Crippen molar-refractivity contribution in [3.05, 3.63) is 22.8 Å². The standard InChI is InChI=1S/C20H27ClN4O3/c21-17-10-16(20(27)24-6-8-28-9-7-24)12-22-18(17)25-5-1-2-15(13-25)19(26)23-11-14-3-4-14/h10,12,14-15H,1-9,11,13H2,(H,23,26). The van der Waals surface area contributed by atoms with Crippen LogP contribution < -0.4 is 10.2 Å². The maximum atomic E-state index is 12.6. The quantitative estimate of drug-likeness (QED) is 0.808. The SMILES string of the molecule is O=C(NCC1CC1)C1CCCN(c2ncc(C(=O)N3CCOCC3)cc2Cl)C1. The summed E-state index contributed by atoms with van der Waals surface area (Å²) in [5, 5.41) is 3.54. The summed E-state index contributed by atoms with van der Waals surface area (Å²) in [7, 11) is 0. The normalized spacial score (nSPS) is 22.8. The molecule has 1 saturated carbocycles. The lowest BCUT2D eigenvalue weighted by Gasteiger charge is -2.33. The van der Waals surface area contributed by atoms with Crippen molar-refractivity contribution in [3.63, 3.8) is 0 Å². The summed E-state index contributed by atoms with van der Waals surface area (Å²) in [5.41, 5.74) is 0.492. The molecule has 152 valence electrons. The molecule has 2 amide bonds. The van der Waals surface area contributed by atoms with Gasteiger partial charge in [-0.15, -0.1) is 0 Å². The number of carbonyl (C=O) groups is 2. The number of anilines is 1. The molecule has 3 fully saturated rings. The number of carbonyl (C=O) groups excluding carboxylic acids is 2. The summed E-state index contributed by atoms with van der Waals surface area (Å²) in [6, 6.07) is 1.69. The summed E-state index contributed by atoms with van der Waals surface area (Å²) in [4.78, 5) is 33.4. The molecule has 1 aromatic heterocycles. The molecule has 3 aliphatic rings. The first-order chi connectivity index (χ1) is 13.6. The van der Waals surface area contributed by atoms with Gasteiger partial charge in [0.2, 0.25) is 5.91 Å². The highest BCUT2D eigenvalue weighted by molar-refractivity contribution is 6.33. The van der Waals surface area contributed by atoms with E-state index in [2.05, 4.69) is 15.2 Å². The number of ether oxygens (including phenoxy) is 1. The Hall–Kier alpha value is -1.86. The monoisotopic (exact) mass is 406 g/mol. The Morgan fingerprint density at radius 3 is 2.71 bits per heavy atom. The zero-order valence-electron chi connectivity index (χ0n) is 16.0. The van der Waals surface area contributed by atoms with E-state index < -0.39 is 0 Å². The van der Waals surface area contributed by atoms with Gasteiger partial charge in [-0.05, 0) is 37.7 Å². The molecule has 8 heteroatoms. The largest absolute Gasteiger partial charge is 0.378 e. The summed E-state index contributed by atoms with van der Waals surface area (Å²) in [6.07, 6.45) is 5.86. The first-order valence-electron chi connectivity index (χ1n) is 10.2. The van der Waals surface area contributed by atoms with Crippen LogP contribution in [0.1, 0.15) is 36.0 Å². The molecule has 1 aromatic rings. The number of pyridine rings is 1. The van der Waals surface area contributed by atoms with Gasteiger partial charge >= 0.3 is 0 Å². The zero-order chi connectivity index (χ0) is 19.5. The van der Waals surface area contributed by atoms with Crippen LogP contribution >= 0.6 is 11.6 Å². The van der Waals surface area contributed by atoms with Gasteiger partial charge in [0.25, 0.3) is 5.91 Å². The topological polar surface area (TPSA) is 74.8 Å². The number of piperidine rings is 1. The van der Waals surface area contributed by atoms with Crippen LogP contribution in [0.5, 0.6) is 0 Å². The van der Waals surface area contributed by atoms with Crippen LogP contribution in [0.2, 0.25) is 5.02 Å². The maximum absolute atomic E-state index is 12.6. The number of halogens is 1. The fourth-order valence-corrected chi connectivity index (χ4v) is 4.11. The van der Waals surface area contributed by atoms with Crippen molar-refractivity contribution < 1.29 is 14.3 Å². The number of hydrogen-bond donors (Lipinski definition) is 1. The third-order valence-corrected chi connectivity index (χ3v) is 6.00. The molecule has 0 spiro atoms. The molecule has 2 aliphatic heterocycles. The first kappa shape index (κ1) is 19.5. The smallest absolute Gasteiger partial charge is 0.255 e. The molecule has 0 aromatic carbocycles. The Morgan fingerprint density at radius 2 is 2.00 bits per heavy atom. The van der Waals surface area contributed by atoms with Gasteiger partial charge in [0.15, 0.2) is 0 Å². The van der Waals surface area contributed by atoms with Crippen molar-refractivity contribution in [3.8, 4) is 0 Å². The van der Waals surface area contributed by atoms with Crippen molar-refractivity contribution in [2.75, 3.05) is 50.8 Å². The molecular weight excluding hydrogens is 380 g/mol. The lowest BCUT2D eigenvalue weighted by Crippen LogP contribution is -2.44. The Kier molecular flexibility index (Phi) is 6.01. The minimum absolute atomic E-state index is 0.0416. The molecule has 1 unspecified atom stereocenters. The van der Waals surface area contributed by atoms with Crippen LogP contribution in [-0.4, -0.2) is 67.6 Å². The Balaban J connectivity index is 1.40. The van der Waals surface area contributed by atoms with Crippen LogP contribution in [0.25, 0.3) is 0 Å². The van der Waals surface area contributed by atoms with Gasteiger partial charge < -0.3 is 19.9 Å². The van der Waals surface area contributed by atoms with E-state index >= 15 is 0 Å². The van der Waals surface area contributed by atoms with Crippen LogP contribution in [0, 0.1) is 11.8 Å². The Bertz CT molecular complexity index is 734.